The molecular weight excluding hydrogens is 332 g/mol. The lowest BCUT2D eigenvalue weighted by Crippen LogP contribution is -2.06. The predicted octanol–water partition coefficient (Wildman–Crippen LogP) is 5.60. The van der Waals surface area contributed by atoms with Gasteiger partial charge in [0, 0.05) is 17.6 Å². The Morgan fingerprint density at radius 1 is 0.778 bits per heavy atom. The molecule has 4 heteroatoms. The van der Waals surface area contributed by atoms with Crippen molar-refractivity contribution in [2.24, 2.45) is 0 Å². The average Bonchev–Trinajstić information content (AvgIpc) is 2.69. The van der Waals surface area contributed by atoms with E-state index in [1.807, 2.05) is 42.5 Å². The Labute approximate surface area is 159 Å². The van der Waals surface area contributed by atoms with Gasteiger partial charge in [-0.25, -0.2) is 4.98 Å². The van der Waals surface area contributed by atoms with Crippen molar-refractivity contribution in [1.29, 1.82) is 0 Å². The largest absolute Gasteiger partial charge is 0.365 e. The molecule has 1 heterocycles. The lowest BCUT2D eigenvalue weighted by molar-refractivity contribution is 1.10. The highest BCUT2D eigenvalue weighted by Gasteiger charge is 2.08. The molecule has 0 radical (unpaired) electrons. The van der Waals surface area contributed by atoms with E-state index in [1.54, 1.807) is 0 Å². The van der Waals surface area contributed by atoms with E-state index in [2.05, 4.69) is 59.8 Å². The van der Waals surface area contributed by atoms with Crippen molar-refractivity contribution in [3.63, 3.8) is 0 Å². The fraction of sp³-hybridized carbons (Fsp3) is 0.130. The fourth-order valence-electron chi connectivity index (χ4n) is 2.99. The van der Waals surface area contributed by atoms with Crippen molar-refractivity contribution >= 4 is 28.4 Å². The Morgan fingerprint density at radius 2 is 1.52 bits per heavy atom. The minimum atomic E-state index is 0.592. The molecular formula is C23H22N4. The maximum Gasteiger partial charge on any atom is 0.229 e. The molecule has 0 spiro atoms. The Morgan fingerprint density at radius 3 is 2.33 bits per heavy atom. The van der Waals surface area contributed by atoms with Crippen molar-refractivity contribution in [1.82, 2.24) is 9.97 Å². The number of hydrogen-bond donors (Lipinski definition) is 2. The Bertz CT molecular complexity index is 1070. The second-order valence-corrected chi connectivity index (χ2v) is 6.69. The van der Waals surface area contributed by atoms with Crippen LogP contribution in [0.3, 0.4) is 0 Å². The van der Waals surface area contributed by atoms with E-state index in [0.717, 1.165) is 28.0 Å². The zero-order chi connectivity index (χ0) is 18.6. The van der Waals surface area contributed by atoms with Crippen LogP contribution in [0.4, 0.5) is 17.5 Å². The molecule has 0 unspecified atom stereocenters. The van der Waals surface area contributed by atoms with Gasteiger partial charge in [0.25, 0.3) is 0 Å². The summed E-state index contributed by atoms with van der Waals surface area (Å²) in [5.41, 5.74) is 5.56. The molecule has 0 bridgehead atoms. The van der Waals surface area contributed by atoms with E-state index in [9.17, 15) is 0 Å². The van der Waals surface area contributed by atoms with E-state index in [-0.39, 0.29) is 0 Å². The third-order valence-electron chi connectivity index (χ3n) is 4.58. The van der Waals surface area contributed by atoms with Gasteiger partial charge in [-0.15, -0.1) is 0 Å². The second kappa shape index (κ2) is 7.46. The predicted molar refractivity (Wildman–Crippen MR) is 113 cm³/mol. The second-order valence-electron chi connectivity index (χ2n) is 6.69. The van der Waals surface area contributed by atoms with Gasteiger partial charge in [-0.2, -0.15) is 4.98 Å². The minimum Gasteiger partial charge on any atom is -0.365 e. The number of nitrogens with zero attached hydrogens (tertiary/aromatic N) is 2. The van der Waals surface area contributed by atoms with Gasteiger partial charge in [0.2, 0.25) is 5.95 Å². The molecule has 0 aliphatic rings. The highest BCUT2D eigenvalue weighted by Crippen LogP contribution is 2.25. The summed E-state index contributed by atoms with van der Waals surface area (Å²) >= 11 is 0. The molecule has 1 aromatic heterocycles. The lowest BCUT2D eigenvalue weighted by Gasteiger charge is -2.13. The minimum absolute atomic E-state index is 0.592. The first-order chi connectivity index (χ1) is 13.2. The Balaban J connectivity index is 1.66. The standard InChI is InChI=1S/C23H22N4/c1-16-11-13-18(14-12-16)15-24-22-19-8-4-6-10-21(19)26-23(27-22)25-20-9-5-3-7-17(20)2/h3-14H,15H2,1-2H3,(H2,24,25,26,27). The van der Waals surface area contributed by atoms with Gasteiger partial charge in [-0.05, 0) is 43.2 Å². The molecule has 0 saturated heterocycles. The van der Waals surface area contributed by atoms with E-state index >= 15 is 0 Å². The van der Waals surface area contributed by atoms with Crippen LogP contribution in [0.5, 0.6) is 0 Å². The van der Waals surface area contributed by atoms with Crippen LogP contribution in [-0.2, 0) is 6.54 Å². The third-order valence-corrected chi connectivity index (χ3v) is 4.58. The van der Waals surface area contributed by atoms with Crippen molar-refractivity contribution in [3.05, 3.63) is 89.5 Å². The van der Waals surface area contributed by atoms with Gasteiger partial charge in [0.15, 0.2) is 0 Å². The average molecular weight is 354 g/mol. The van der Waals surface area contributed by atoms with Crippen molar-refractivity contribution in [2.75, 3.05) is 10.6 Å². The monoisotopic (exact) mass is 354 g/mol. The number of benzene rings is 3. The summed E-state index contributed by atoms with van der Waals surface area (Å²) in [6.45, 7) is 4.88. The molecule has 0 fully saturated rings. The maximum atomic E-state index is 4.74. The van der Waals surface area contributed by atoms with Gasteiger partial charge < -0.3 is 10.6 Å². The first kappa shape index (κ1) is 17.0. The van der Waals surface area contributed by atoms with E-state index in [1.165, 1.54) is 11.1 Å². The molecule has 0 atom stereocenters. The molecule has 2 N–H and O–H groups in total. The van der Waals surface area contributed by atoms with Crippen LogP contribution < -0.4 is 10.6 Å². The summed E-state index contributed by atoms with van der Waals surface area (Å²) in [6, 6.07) is 24.7. The summed E-state index contributed by atoms with van der Waals surface area (Å²) in [5.74, 6) is 1.42. The molecule has 3 aromatic carbocycles. The molecule has 4 rings (SSSR count). The first-order valence-corrected chi connectivity index (χ1v) is 9.08. The van der Waals surface area contributed by atoms with Crippen LogP contribution >= 0.6 is 0 Å². The van der Waals surface area contributed by atoms with Gasteiger partial charge in [0.1, 0.15) is 5.82 Å². The highest BCUT2D eigenvalue weighted by molar-refractivity contribution is 5.90. The van der Waals surface area contributed by atoms with E-state index in [0.29, 0.717) is 12.5 Å². The molecule has 0 amide bonds. The van der Waals surface area contributed by atoms with Crippen LogP contribution in [-0.4, -0.2) is 9.97 Å². The molecule has 134 valence electrons. The van der Waals surface area contributed by atoms with Crippen molar-refractivity contribution in [2.45, 2.75) is 20.4 Å². The molecule has 4 nitrogen and oxygen atoms in total. The normalized spacial score (nSPS) is 10.7. The first-order valence-electron chi connectivity index (χ1n) is 9.08. The number of rotatable bonds is 5. The lowest BCUT2D eigenvalue weighted by atomic mass is 10.1. The Kier molecular flexibility index (Phi) is 4.71. The quantitative estimate of drug-likeness (QED) is 0.489. The van der Waals surface area contributed by atoms with Crippen molar-refractivity contribution < 1.29 is 0 Å². The summed E-state index contributed by atoms with van der Waals surface area (Å²) < 4.78 is 0. The number of anilines is 3. The topological polar surface area (TPSA) is 49.8 Å². The summed E-state index contributed by atoms with van der Waals surface area (Å²) in [5, 5.41) is 7.84. The molecule has 0 aliphatic heterocycles. The van der Waals surface area contributed by atoms with Gasteiger partial charge in [-0.3, -0.25) is 0 Å². The van der Waals surface area contributed by atoms with E-state index in [4.69, 9.17) is 4.98 Å². The maximum absolute atomic E-state index is 4.74. The summed E-state index contributed by atoms with van der Waals surface area (Å²) in [7, 11) is 0. The fourth-order valence-corrected chi connectivity index (χ4v) is 2.99. The zero-order valence-electron chi connectivity index (χ0n) is 15.5. The van der Waals surface area contributed by atoms with Crippen LogP contribution in [0.25, 0.3) is 10.9 Å². The van der Waals surface area contributed by atoms with Gasteiger partial charge in [0.05, 0.1) is 5.52 Å². The molecule has 0 saturated carbocycles. The summed E-state index contributed by atoms with van der Waals surface area (Å²) in [4.78, 5) is 9.41. The van der Waals surface area contributed by atoms with Crippen LogP contribution in [0.1, 0.15) is 16.7 Å². The number of hydrogen-bond acceptors (Lipinski definition) is 4. The van der Waals surface area contributed by atoms with Crippen LogP contribution in [0, 0.1) is 13.8 Å². The van der Waals surface area contributed by atoms with Crippen LogP contribution in [0.15, 0.2) is 72.8 Å². The molecule has 0 aliphatic carbocycles. The third kappa shape index (κ3) is 3.90. The highest BCUT2D eigenvalue weighted by atomic mass is 15.1. The SMILES string of the molecule is Cc1ccc(CNc2nc(Nc3ccccc3C)nc3ccccc23)cc1. The zero-order valence-corrected chi connectivity index (χ0v) is 15.5. The van der Waals surface area contributed by atoms with Crippen molar-refractivity contribution in [3.8, 4) is 0 Å². The molecule has 27 heavy (non-hydrogen) atoms. The summed E-state index contributed by atoms with van der Waals surface area (Å²) in [6.07, 6.45) is 0. The Hall–Kier alpha value is -3.40. The number of aryl methyl sites for hydroxylation is 2. The van der Waals surface area contributed by atoms with Crippen LogP contribution in [0.2, 0.25) is 0 Å². The number of para-hydroxylation sites is 2. The smallest absolute Gasteiger partial charge is 0.229 e. The number of fused-ring (bicyclic) bond motifs is 1. The van der Waals surface area contributed by atoms with Gasteiger partial charge >= 0.3 is 0 Å². The molecule has 4 aromatic rings. The number of nitrogens with one attached hydrogen (secondary N) is 2. The van der Waals surface area contributed by atoms with Gasteiger partial charge in [-0.1, -0.05) is 60.2 Å². The number of aromatic nitrogens is 2. The van der Waals surface area contributed by atoms with E-state index < -0.39 is 0 Å².